The van der Waals surface area contributed by atoms with Crippen molar-refractivity contribution in [3.8, 4) is 5.75 Å². The average molecular weight is 356 g/mol. The first-order valence-corrected chi connectivity index (χ1v) is 7.17. The van der Waals surface area contributed by atoms with Crippen LogP contribution in [0.4, 0.5) is 18.9 Å². The molecule has 0 aliphatic heterocycles. The molecule has 1 aromatic heterocycles. The number of hydrogen-bond acceptors (Lipinski definition) is 4. The quantitative estimate of drug-likeness (QED) is 0.767. The highest BCUT2D eigenvalue weighted by Gasteiger charge is 2.31. The summed E-state index contributed by atoms with van der Waals surface area (Å²) in [5.41, 5.74) is 0.240. The van der Waals surface area contributed by atoms with Gasteiger partial charge in [-0.25, -0.2) is 0 Å². The molecule has 134 valence electrons. The Balaban J connectivity index is 2.08. The van der Waals surface area contributed by atoms with Crippen LogP contribution >= 0.6 is 0 Å². The third kappa shape index (κ3) is 5.23. The minimum atomic E-state index is -4.81. The second-order valence-corrected chi connectivity index (χ2v) is 5.30. The summed E-state index contributed by atoms with van der Waals surface area (Å²) in [5.74, 6) is -1.52. The third-order valence-corrected chi connectivity index (χ3v) is 2.87. The highest BCUT2D eigenvalue weighted by molar-refractivity contribution is 6.08. The zero-order valence-electron chi connectivity index (χ0n) is 13.3. The molecule has 1 aromatic carbocycles. The molecule has 7 nitrogen and oxygen atoms in total. The van der Waals surface area contributed by atoms with Gasteiger partial charge in [-0.2, -0.15) is 5.10 Å². The van der Waals surface area contributed by atoms with Gasteiger partial charge in [-0.3, -0.25) is 14.7 Å². The van der Waals surface area contributed by atoms with Gasteiger partial charge in [0.2, 0.25) is 0 Å². The highest BCUT2D eigenvalue weighted by Crippen LogP contribution is 2.23. The van der Waals surface area contributed by atoms with Gasteiger partial charge in [-0.1, -0.05) is 0 Å². The molecule has 0 saturated heterocycles. The van der Waals surface area contributed by atoms with Crippen LogP contribution in [0, 0.1) is 0 Å². The van der Waals surface area contributed by atoms with E-state index in [1.165, 1.54) is 18.3 Å². The summed E-state index contributed by atoms with van der Waals surface area (Å²) in [5, 5.41) is 11.4. The van der Waals surface area contributed by atoms with Crippen LogP contribution in [0.1, 0.15) is 34.7 Å². The number of amides is 2. The Labute approximate surface area is 140 Å². The molecule has 0 fully saturated rings. The first-order chi connectivity index (χ1) is 11.7. The molecule has 10 heteroatoms. The Kier molecular flexibility index (Phi) is 5.30. The van der Waals surface area contributed by atoms with E-state index < -0.39 is 23.9 Å². The number of carbonyl (C=O) groups excluding carboxylic acids is 2. The lowest BCUT2D eigenvalue weighted by Crippen LogP contribution is -2.31. The number of aromatic amines is 1. The maximum Gasteiger partial charge on any atom is 0.573 e. The van der Waals surface area contributed by atoms with Gasteiger partial charge in [0.25, 0.3) is 11.8 Å². The van der Waals surface area contributed by atoms with Crippen molar-refractivity contribution < 1.29 is 27.5 Å². The van der Waals surface area contributed by atoms with Gasteiger partial charge in [0.1, 0.15) is 5.75 Å². The summed E-state index contributed by atoms with van der Waals surface area (Å²) < 4.78 is 40.1. The van der Waals surface area contributed by atoms with Crippen LogP contribution in [0.5, 0.6) is 5.75 Å². The van der Waals surface area contributed by atoms with Crippen LogP contribution < -0.4 is 15.4 Å². The lowest BCUT2D eigenvalue weighted by Gasteiger charge is -2.10. The minimum Gasteiger partial charge on any atom is -0.406 e. The van der Waals surface area contributed by atoms with Crippen molar-refractivity contribution in [1.82, 2.24) is 15.5 Å². The number of hydrogen-bond donors (Lipinski definition) is 3. The maximum absolute atomic E-state index is 12.2. The fourth-order valence-electron chi connectivity index (χ4n) is 1.89. The van der Waals surface area contributed by atoms with Crippen molar-refractivity contribution in [2.24, 2.45) is 0 Å². The highest BCUT2D eigenvalue weighted by atomic mass is 19.4. The normalized spacial score (nSPS) is 11.3. The maximum atomic E-state index is 12.2. The predicted octanol–water partition coefficient (Wildman–Crippen LogP) is 2.70. The summed E-state index contributed by atoms with van der Waals surface area (Å²) in [4.78, 5) is 24.1. The van der Waals surface area contributed by atoms with Gasteiger partial charge < -0.3 is 15.4 Å². The molecule has 2 aromatic rings. The Morgan fingerprint density at radius 2 is 1.80 bits per heavy atom. The fraction of sp³-hybridized carbons (Fsp3) is 0.267. The Morgan fingerprint density at radius 1 is 1.16 bits per heavy atom. The standard InChI is InChI=1S/C15H15F3N4O3/c1-8(2)20-14(24)12-11(7-19-22-12)21-13(23)9-3-5-10(6-4-9)25-15(16,17)18/h3-8H,1-2H3,(H,19,22)(H,20,24)(H,21,23). The summed E-state index contributed by atoms with van der Waals surface area (Å²) in [6.45, 7) is 3.54. The molecule has 0 unspecified atom stereocenters. The summed E-state index contributed by atoms with van der Waals surface area (Å²) in [6.07, 6.45) is -3.48. The number of ether oxygens (including phenoxy) is 1. The average Bonchev–Trinajstić information content (AvgIpc) is 2.93. The van der Waals surface area contributed by atoms with E-state index in [9.17, 15) is 22.8 Å². The van der Waals surface area contributed by atoms with Gasteiger partial charge in [-0.05, 0) is 38.1 Å². The number of nitrogens with one attached hydrogen (secondary N) is 3. The van der Waals surface area contributed by atoms with Crippen LogP contribution in [0.3, 0.4) is 0 Å². The van der Waals surface area contributed by atoms with Gasteiger partial charge in [0.05, 0.1) is 5.69 Å². The SMILES string of the molecule is CC(C)NC(=O)c1n[nH]cc1NC(=O)c1ccc(OC(F)(F)F)cc1. The third-order valence-electron chi connectivity index (χ3n) is 2.87. The van der Waals surface area contributed by atoms with Crippen molar-refractivity contribution in [2.75, 3.05) is 5.32 Å². The smallest absolute Gasteiger partial charge is 0.406 e. The Hall–Kier alpha value is -3.04. The number of aromatic nitrogens is 2. The van der Waals surface area contributed by atoms with Gasteiger partial charge >= 0.3 is 6.36 Å². The first kappa shape index (κ1) is 18.3. The predicted molar refractivity (Wildman–Crippen MR) is 82.3 cm³/mol. The molecule has 25 heavy (non-hydrogen) atoms. The van der Waals surface area contributed by atoms with Crippen molar-refractivity contribution in [1.29, 1.82) is 0 Å². The Bertz CT molecular complexity index is 754. The molecule has 0 aliphatic carbocycles. The molecule has 0 radical (unpaired) electrons. The van der Waals surface area contributed by atoms with E-state index in [-0.39, 0.29) is 23.0 Å². The number of H-pyrrole nitrogens is 1. The fourth-order valence-corrected chi connectivity index (χ4v) is 1.89. The van der Waals surface area contributed by atoms with Crippen LogP contribution in [0.25, 0.3) is 0 Å². The van der Waals surface area contributed by atoms with E-state index in [1.807, 2.05) is 0 Å². The second kappa shape index (κ2) is 7.24. The van der Waals surface area contributed by atoms with Crippen molar-refractivity contribution in [3.63, 3.8) is 0 Å². The molecule has 3 N–H and O–H groups in total. The Morgan fingerprint density at radius 3 is 2.36 bits per heavy atom. The van der Waals surface area contributed by atoms with E-state index >= 15 is 0 Å². The number of anilines is 1. The number of halogens is 3. The zero-order valence-corrected chi connectivity index (χ0v) is 13.3. The van der Waals surface area contributed by atoms with Gasteiger partial charge in [-0.15, -0.1) is 13.2 Å². The number of carbonyl (C=O) groups is 2. The molecule has 0 atom stereocenters. The molecule has 0 aliphatic rings. The number of benzene rings is 1. The van der Waals surface area contributed by atoms with Gasteiger partial charge in [0, 0.05) is 17.8 Å². The zero-order chi connectivity index (χ0) is 18.6. The first-order valence-electron chi connectivity index (χ1n) is 7.17. The summed E-state index contributed by atoms with van der Waals surface area (Å²) in [6, 6.07) is 4.26. The largest absolute Gasteiger partial charge is 0.573 e. The van der Waals surface area contributed by atoms with E-state index in [1.54, 1.807) is 13.8 Å². The van der Waals surface area contributed by atoms with Crippen LogP contribution in [0.15, 0.2) is 30.5 Å². The molecule has 0 bridgehead atoms. The number of nitrogens with zero attached hydrogens (tertiary/aromatic N) is 1. The molecule has 0 spiro atoms. The van der Waals surface area contributed by atoms with Crippen LogP contribution in [-0.4, -0.2) is 34.4 Å². The minimum absolute atomic E-state index is 0.000857. The van der Waals surface area contributed by atoms with Crippen molar-refractivity contribution >= 4 is 17.5 Å². The molecular formula is C15H15F3N4O3. The van der Waals surface area contributed by atoms with Crippen molar-refractivity contribution in [3.05, 3.63) is 41.7 Å². The summed E-state index contributed by atoms with van der Waals surface area (Å²) in [7, 11) is 0. The van der Waals surface area contributed by atoms with Crippen LogP contribution in [0.2, 0.25) is 0 Å². The van der Waals surface area contributed by atoms with E-state index in [0.717, 1.165) is 12.1 Å². The number of rotatable bonds is 5. The lowest BCUT2D eigenvalue weighted by molar-refractivity contribution is -0.274. The lowest BCUT2D eigenvalue weighted by atomic mass is 10.2. The molecule has 2 amide bonds. The van der Waals surface area contributed by atoms with Crippen molar-refractivity contribution in [2.45, 2.75) is 26.3 Å². The molecule has 1 heterocycles. The molecule has 2 rings (SSSR count). The van der Waals surface area contributed by atoms with E-state index in [0.29, 0.717) is 0 Å². The summed E-state index contributed by atoms with van der Waals surface area (Å²) >= 11 is 0. The molecule has 0 saturated carbocycles. The van der Waals surface area contributed by atoms with E-state index in [4.69, 9.17) is 0 Å². The van der Waals surface area contributed by atoms with Crippen LogP contribution in [-0.2, 0) is 0 Å². The van der Waals surface area contributed by atoms with E-state index in [2.05, 4.69) is 25.6 Å². The monoisotopic (exact) mass is 356 g/mol. The topological polar surface area (TPSA) is 96.1 Å². The number of alkyl halides is 3. The van der Waals surface area contributed by atoms with Gasteiger partial charge in [0.15, 0.2) is 5.69 Å². The second-order valence-electron chi connectivity index (χ2n) is 5.30. The molecular weight excluding hydrogens is 341 g/mol.